The van der Waals surface area contributed by atoms with Crippen LogP contribution in [0.1, 0.15) is 50.5 Å². The number of amides is 1. The van der Waals surface area contributed by atoms with E-state index in [0.717, 1.165) is 49.7 Å². The third-order valence-electron chi connectivity index (χ3n) is 6.05. The maximum Gasteiger partial charge on any atom is 0.233 e. The number of hydrogen-bond donors (Lipinski definition) is 1. The van der Waals surface area contributed by atoms with Gasteiger partial charge in [0.25, 0.3) is 0 Å². The average Bonchev–Trinajstić information content (AvgIpc) is 3.14. The number of likely N-dealkylation sites (tertiary alicyclic amines) is 1. The minimum atomic E-state index is -0.284. The molecule has 3 fully saturated rings. The molecule has 1 aliphatic carbocycles. The fourth-order valence-electron chi connectivity index (χ4n) is 4.82. The zero-order valence-corrected chi connectivity index (χ0v) is 16.4. The van der Waals surface area contributed by atoms with Gasteiger partial charge in [-0.25, -0.2) is 0 Å². The Morgan fingerprint density at radius 2 is 1.92 bits per heavy atom. The van der Waals surface area contributed by atoms with E-state index in [4.69, 9.17) is 0 Å². The second-order valence-corrected chi connectivity index (χ2v) is 8.39. The van der Waals surface area contributed by atoms with Crippen molar-refractivity contribution in [3.8, 4) is 0 Å². The molecule has 2 heterocycles. The Kier molecular flexibility index (Phi) is 5.58. The topological polar surface area (TPSA) is 32.3 Å². The van der Waals surface area contributed by atoms with Gasteiger partial charge in [-0.1, -0.05) is 40.9 Å². The standard InChI is InChI=1S/C19H25BrN2O.ClH/c20-15-5-3-4-14(12-15)19(9-1-2-10-19)18(23)22-11-8-16-6-7-17(13-22)21-16;/h3-5,12,16-17,21H,1-2,6-11,13H2;1H. The van der Waals surface area contributed by atoms with Gasteiger partial charge in [-0.05, 0) is 49.8 Å². The smallest absolute Gasteiger partial charge is 0.233 e. The van der Waals surface area contributed by atoms with Gasteiger partial charge in [0.05, 0.1) is 5.41 Å². The molecule has 0 radical (unpaired) electrons. The van der Waals surface area contributed by atoms with E-state index in [1.165, 1.54) is 18.4 Å². The van der Waals surface area contributed by atoms with Crippen LogP contribution in [-0.4, -0.2) is 36.0 Å². The number of fused-ring (bicyclic) bond motifs is 2. The van der Waals surface area contributed by atoms with Crippen LogP contribution in [0.4, 0.5) is 0 Å². The molecule has 3 nitrogen and oxygen atoms in total. The van der Waals surface area contributed by atoms with Crippen molar-refractivity contribution in [2.24, 2.45) is 0 Å². The number of hydrogen-bond acceptors (Lipinski definition) is 2. The van der Waals surface area contributed by atoms with Gasteiger partial charge in [-0.15, -0.1) is 12.4 Å². The second kappa shape index (κ2) is 7.35. The van der Waals surface area contributed by atoms with Gasteiger partial charge in [0.15, 0.2) is 0 Å². The monoisotopic (exact) mass is 412 g/mol. The second-order valence-electron chi connectivity index (χ2n) is 7.48. The summed E-state index contributed by atoms with van der Waals surface area (Å²) in [4.78, 5) is 15.7. The summed E-state index contributed by atoms with van der Waals surface area (Å²) in [5, 5.41) is 3.69. The first kappa shape index (κ1) is 18.2. The summed E-state index contributed by atoms with van der Waals surface area (Å²) in [7, 11) is 0. The van der Waals surface area contributed by atoms with E-state index >= 15 is 0 Å². The molecular formula is C19H26BrClN2O. The van der Waals surface area contributed by atoms with E-state index in [9.17, 15) is 4.79 Å². The quantitative estimate of drug-likeness (QED) is 0.794. The Bertz CT molecular complexity index is 603. The summed E-state index contributed by atoms with van der Waals surface area (Å²) in [6.45, 7) is 1.81. The molecule has 1 aromatic carbocycles. The molecule has 2 bridgehead atoms. The van der Waals surface area contributed by atoms with E-state index in [-0.39, 0.29) is 17.8 Å². The lowest BCUT2D eigenvalue weighted by molar-refractivity contribution is -0.137. The largest absolute Gasteiger partial charge is 0.340 e. The van der Waals surface area contributed by atoms with Crippen LogP contribution in [0.25, 0.3) is 0 Å². The molecule has 2 aliphatic heterocycles. The predicted octanol–water partition coefficient (Wildman–Crippen LogP) is 4.04. The van der Waals surface area contributed by atoms with Crippen LogP contribution < -0.4 is 5.32 Å². The molecule has 5 heteroatoms. The minimum absolute atomic E-state index is 0. The first-order valence-corrected chi connectivity index (χ1v) is 9.78. The van der Waals surface area contributed by atoms with Crippen molar-refractivity contribution in [2.75, 3.05) is 13.1 Å². The van der Waals surface area contributed by atoms with Gasteiger partial charge in [-0.3, -0.25) is 4.79 Å². The minimum Gasteiger partial charge on any atom is -0.340 e. The zero-order chi connectivity index (χ0) is 15.9. The lowest BCUT2D eigenvalue weighted by atomic mass is 9.77. The van der Waals surface area contributed by atoms with E-state index in [2.05, 4.69) is 44.3 Å². The molecule has 2 saturated heterocycles. The number of nitrogens with one attached hydrogen (secondary N) is 1. The summed E-state index contributed by atoms with van der Waals surface area (Å²) in [6.07, 6.45) is 7.94. The normalized spacial score (nSPS) is 28.3. The van der Waals surface area contributed by atoms with Crippen LogP contribution >= 0.6 is 28.3 Å². The molecule has 4 rings (SSSR count). The van der Waals surface area contributed by atoms with Gasteiger partial charge >= 0.3 is 0 Å². The van der Waals surface area contributed by atoms with Crippen molar-refractivity contribution in [1.82, 2.24) is 10.2 Å². The van der Waals surface area contributed by atoms with Gasteiger partial charge < -0.3 is 10.2 Å². The summed E-state index contributed by atoms with van der Waals surface area (Å²) < 4.78 is 1.07. The highest BCUT2D eigenvalue weighted by molar-refractivity contribution is 9.10. The maximum atomic E-state index is 13.5. The molecule has 1 amide bonds. The average molecular weight is 414 g/mol. The summed E-state index contributed by atoms with van der Waals surface area (Å²) in [5.41, 5.74) is 0.921. The Morgan fingerprint density at radius 3 is 2.67 bits per heavy atom. The molecule has 2 atom stereocenters. The maximum absolute atomic E-state index is 13.5. The van der Waals surface area contributed by atoms with Crippen LogP contribution in [-0.2, 0) is 10.2 Å². The zero-order valence-electron chi connectivity index (χ0n) is 14.0. The third-order valence-corrected chi connectivity index (χ3v) is 6.55. The molecule has 3 aliphatic rings. The highest BCUT2D eigenvalue weighted by Crippen LogP contribution is 2.43. The molecular weight excluding hydrogens is 388 g/mol. The third kappa shape index (κ3) is 3.25. The molecule has 0 spiro atoms. The SMILES string of the molecule is Cl.O=C(N1CCC2CCC(C1)N2)C1(c2cccc(Br)c2)CCCC1. The number of halogens is 2. The summed E-state index contributed by atoms with van der Waals surface area (Å²) >= 11 is 3.58. The van der Waals surface area contributed by atoms with Gasteiger partial charge in [0, 0.05) is 29.6 Å². The predicted molar refractivity (Wildman–Crippen MR) is 103 cm³/mol. The molecule has 2 unspecified atom stereocenters. The van der Waals surface area contributed by atoms with Crippen LogP contribution in [0.3, 0.4) is 0 Å². The first-order valence-electron chi connectivity index (χ1n) is 8.99. The van der Waals surface area contributed by atoms with Crippen molar-refractivity contribution in [3.05, 3.63) is 34.3 Å². The number of benzene rings is 1. The highest BCUT2D eigenvalue weighted by Gasteiger charge is 2.46. The van der Waals surface area contributed by atoms with Crippen LogP contribution in [0.2, 0.25) is 0 Å². The van der Waals surface area contributed by atoms with Crippen LogP contribution in [0.5, 0.6) is 0 Å². The van der Waals surface area contributed by atoms with Crippen molar-refractivity contribution in [3.63, 3.8) is 0 Å². The van der Waals surface area contributed by atoms with Crippen molar-refractivity contribution >= 4 is 34.2 Å². The Morgan fingerprint density at radius 1 is 1.17 bits per heavy atom. The Hall–Kier alpha value is -0.580. The molecule has 24 heavy (non-hydrogen) atoms. The summed E-state index contributed by atoms with van der Waals surface area (Å²) in [5.74, 6) is 0.377. The van der Waals surface area contributed by atoms with Crippen LogP contribution in [0.15, 0.2) is 28.7 Å². The lowest BCUT2D eigenvalue weighted by Gasteiger charge is -2.35. The molecule has 1 N–H and O–H groups in total. The molecule has 1 saturated carbocycles. The number of carbonyl (C=O) groups is 1. The molecule has 1 aromatic rings. The number of nitrogens with zero attached hydrogens (tertiary/aromatic N) is 1. The Labute approximate surface area is 159 Å². The van der Waals surface area contributed by atoms with Crippen LogP contribution in [0, 0.1) is 0 Å². The highest BCUT2D eigenvalue weighted by atomic mass is 79.9. The molecule has 0 aromatic heterocycles. The fraction of sp³-hybridized carbons (Fsp3) is 0.632. The van der Waals surface area contributed by atoms with Crippen molar-refractivity contribution in [2.45, 2.75) is 62.4 Å². The summed E-state index contributed by atoms with van der Waals surface area (Å²) in [6, 6.07) is 9.56. The van der Waals surface area contributed by atoms with Crippen molar-refractivity contribution in [1.29, 1.82) is 0 Å². The Balaban J connectivity index is 0.00000169. The number of carbonyl (C=O) groups excluding carboxylic acids is 1. The number of rotatable bonds is 2. The molecule has 132 valence electrons. The first-order chi connectivity index (χ1) is 11.2. The van der Waals surface area contributed by atoms with Gasteiger partial charge in [0.2, 0.25) is 5.91 Å². The van der Waals surface area contributed by atoms with Crippen molar-refractivity contribution < 1.29 is 4.79 Å². The van der Waals surface area contributed by atoms with Gasteiger partial charge in [-0.2, -0.15) is 0 Å². The van der Waals surface area contributed by atoms with Gasteiger partial charge in [0.1, 0.15) is 0 Å². The van der Waals surface area contributed by atoms with E-state index in [1.54, 1.807) is 0 Å². The lowest BCUT2D eigenvalue weighted by Crippen LogP contribution is -2.48. The van der Waals surface area contributed by atoms with E-state index < -0.39 is 0 Å². The van der Waals surface area contributed by atoms with E-state index in [0.29, 0.717) is 18.0 Å². The fourth-order valence-corrected chi connectivity index (χ4v) is 5.22. The van der Waals surface area contributed by atoms with E-state index in [1.807, 2.05) is 6.07 Å².